The van der Waals surface area contributed by atoms with Gasteiger partial charge < -0.3 is 10.4 Å². The van der Waals surface area contributed by atoms with Gasteiger partial charge in [0.05, 0.1) is 22.1 Å². The highest BCUT2D eigenvalue weighted by Crippen LogP contribution is 2.26. The lowest BCUT2D eigenvalue weighted by Crippen LogP contribution is -2.30. The molecule has 0 radical (unpaired) electrons. The Labute approximate surface area is 164 Å². The van der Waals surface area contributed by atoms with Crippen molar-refractivity contribution in [1.82, 2.24) is 14.6 Å². The van der Waals surface area contributed by atoms with E-state index in [-0.39, 0.29) is 9.79 Å². The minimum absolute atomic E-state index is 0.157. The second-order valence-corrected chi connectivity index (χ2v) is 9.22. The SMILES string of the molecule is O=S(=O)(c1ccccc1)c1ccc2nc(NCC(O)C3CCCCC3)nn2c1. The van der Waals surface area contributed by atoms with Crippen molar-refractivity contribution >= 4 is 21.4 Å². The number of hydrogen-bond donors (Lipinski definition) is 2. The lowest BCUT2D eigenvalue weighted by molar-refractivity contribution is 0.0955. The number of rotatable bonds is 6. The second kappa shape index (κ2) is 7.89. The summed E-state index contributed by atoms with van der Waals surface area (Å²) in [4.78, 5) is 4.76. The number of aromatic nitrogens is 3. The minimum atomic E-state index is -3.61. The smallest absolute Gasteiger partial charge is 0.243 e. The van der Waals surface area contributed by atoms with E-state index in [9.17, 15) is 13.5 Å². The average Bonchev–Trinajstić information content (AvgIpc) is 3.15. The van der Waals surface area contributed by atoms with Crippen molar-refractivity contribution in [1.29, 1.82) is 0 Å². The highest BCUT2D eigenvalue weighted by molar-refractivity contribution is 7.91. The Balaban J connectivity index is 1.50. The summed E-state index contributed by atoms with van der Waals surface area (Å²) in [5.74, 6) is 0.699. The van der Waals surface area contributed by atoms with Crippen LogP contribution in [0.25, 0.3) is 5.65 Å². The van der Waals surface area contributed by atoms with Crippen molar-refractivity contribution in [2.24, 2.45) is 5.92 Å². The van der Waals surface area contributed by atoms with E-state index in [0.717, 1.165) is 12.8 Å². The van der Waals surface area contributed by atoms with E-state index in [4.69, 9.17) is 0 Å². The topological polar surface area (TPSA) is 96.6 Å². The largest absolute Gasteiger partial charge is 0.391 e. The number of anilines is 1. The lowest BCUT2D eigenvalue weighted by atomic mass is 9.85. The number of nitrogens with zero attached hydrogens (tertiary/aromatic N) is 3. The number of hydrogen-bond acceptors (Lipinski definition) is 6. The zero-order valence-corrected chi connectivity index (χ0v) is 16.3. The van der Waals surface area contributed by atoms with Crippen LogP contribution in [0.4, 0.5) is 5.95 Å². The van der Waals surface area contributed by atoms with Crippen LogP contribution in [0, 0.1) is 5.92 Å². The molecule has 0 aliphatic heterocycles. The third-order valence-electron chi connectivity index (χ3n) is 5.33. The van der Waals surface area contributed by atoms with Crippen LogP contribution in [0.2, 0.25) is 0 Å². The number of benzene rings is 1. The van der Waals surface area contributed by atoms with Crippen LogP contribution in [0.5, 0.6) is 0 Å². The highest BCUT2D eigenvalue weighted by Gasteiger charge is 2.22. The predicted octanol–water partition coefficient (Wildman–Crippen LogP) is 2.92. The standard InChI is InChI=1S/C20H24N4O3S/c25-18(15-7-3-1-4-8-15)13-21-20-22-19-12-11-17(14-24(19)23-20)28(26,27)16-9-5-2-6-10-16/h2,5-6,9-12,14-15,18,25H,1,3-4,7-8,13H2,(H,21,23). The fraction of sp³-hybridized carbons (Fsp3) is 0.400. The molecule has 1 unspecified atom stereocenters. The van der Waals surface area contributed by atoms with Gasteiger partial charge in [-0.25, -0.2) is 12.9 Å². The normalized spacial score (nSPS) is 16.9. The molecule has 4 rings (SSSR count). The fourth-order valence-corrected chi connectivity index (χ4v) is 4.99. The van der Waals surface area contributed by atoms with E-state index < -0.39 is 15.9 Å². The van der Waals surface area contributed by atoms with E-state index in [1.54, 1.807) is 36.4 Å². The van der Waals surface area contributed by atoms with Gasteiger partial charge >= 0.3 is 0 Å². The Bertz CT molecular complexity index is 1040. The lowest BCUT2D eigenvalue weighted by Gasteiger charge is -2.26. The third kappa shape index (κ3) is 3.88. The molecule has 1 atom stereocenters. The molecule has 0 amide bonds. The summed E-state index contributed by atoms with van der Waals surface area (Å²) in [6, 6.07) is 11.5. The second-order valence-electron chi connectivity index (χ2n) is 7.27. The quantitative estimate of drug-likeness (QED) is 0.660. The molecule has 2 N–H and O–H groups in total. The highest BCUT2D eigenvalue weighted by atomic mass is 32.2. The molecule has 1 aromatic carbocycles. The molecule has 7 nitrogen and oxygen atoms in total. The summed E-state index contributed by atoms with van der Waals surface area (Å²) in [7, 11) is -3.61. The van der Waals surface area contributed by atoms with Gasteiger partial charge in [0.15, 0.2) is 5.65 Å². The van der Waals surface area contributed by atoms with Crippen LogP contribution < -0.4 is 5.32 Å². The van der Waals surface area contributed by atoms with Gasteiger partial charge in [-0.05, 0) is 43.0 Å². The summed E-state index contributed by atoms with van der Waals surface area (Å²) in [5, 5.41) is 17.8. The van der Waals surface area contributed by atoms with Gasteiger partial charge in [0.25, 0.3) is 0 Å². The molecule has 1 fully saturated rings. The van der Waals surface area contributed by atoms with Crippen LogP contribution in [0.1, 0.15) is 32.1 Å². The molecule has 1 aliphatic carbocycles. The average molecular weight is 401 g/mol. The van der Waals surface area contributed by atoms with E-state index in [0.29, 0.717) is 24.1 Å². The maximum atomic E-state index is 12.8. The molecule has 0 bridgehead atoms. The molecule has 1 aliphatic rings. The van der Waals surface area contributed by atoms with Gasteiger partial charge in [0, 0.05) is 6.54 Å². The van der Waals surface area contributed by atoms with E-state index in [2.05, 4.69) is 15.4 Å². The van der Waals surface area contributed by atoms with Crippen LogP contribution in [0.15, 0.2) is 58.5 Å². The van der Waals surface area contributed by atoms with Crippen molar-refractivity contribution in [3.8, 4) is 0 Å². The summed E-state index contributed by atoms with van der Waals surface area (Å²) >= 11 is 0. The number of pyridine rings is 1. The van der Waals surface area contributed by atoms with Gasteiger partial charge in [-0.1, -0.05) is 37.5 Å². The summed E-state index contributed by atoms with van der Waals surface area (Å²) in [5.41, 5.74) is 0.543. The van der Waals surface area contributed by atoms with Crippen molar-refractivity contribution in [3.05, 3.63) is 48.7 Å². The number of aliphatic hydroxyl groups excluding tert-OH is 1. The monoisotopic (exact) mass is 400 g/mol. The molecular formula is C20H24N4O3S. The first-order valence-corrected chi connectivity index (χ1v) is 11.1. The molecule has 0 saturated heterocycles. The molecule has 1 saturated carbocycles. The third-order valence-corrected chi connectivity index (χ3v) is 7.09. The summed E-state index contributed by atoms with van der Waals surface area (Å²) < 4.78 is 27.0. The Morgan fingerprint density at radius 1 is 1.07 bits per heavy atom. The summed E-state index contributed by atoms with van der Waals surface area (Å²) in [6.45, 7) is 0.386. The predicted molar refractivity (Wildman–Crippen MR) is 106 cm³/mol. The Morgan fingerprint density at radius 2 is 1.82 bits per heavy atom. The first-order chi connectivity index (χ1) is 13.5. The maximum Gasteiger partial charge on any atom is 0.243 e. The Kier molecular flexibility index (Phi) is 5.32. The van der Waals surface area contributed by atoms with Crippen LogP contribution in [0.3, 0.4) is 0 Å². The molecule has 148 valence electrons. The molecule has 8 heteroatoms. The van der Waals surface area contributed by atoms with Gasteiger partial charge in [-0.2, -0.15) is 4.98 Å². The molecule has 3 aromatic rings. The number of sulfone groups is 1. The van der Waals surface area contributed by atoms with Crippen molar-refractivity contribution < 1.29 is 13.5 Å². The minimum Gasteiger partial charge on any atom is -0.391 e. The van der Waals surface area contributed by atoms with E-state index in [1.807, 2.05) is 0 Å². The number of fused-ring (bicyclic) bond motifs is 1. The molecule has 28 heavy (non-hydrogen) atoms. The van der Waals surface area contributed by atoms with Crippen LogP contribution >= 0.6 is 0 Å². The number of aliphatic hydroxyl groups is 1. The van der Waals surface area contributed by atoms with Crippen molar-refractivity contribution in [2.75, 3.05) is 11.9 Å². The summed E-state index contributed by atoms with van der Waals surface area (Å²) in [6.07, 6.45) is 6.75. The molecule has 2 aromatic heterocycles. The van der Waals surface area contributed by atoms with Gasteiger partial charge in [-0.3, -0.25) is 0 Å². The van der Waals surface area contributed by atoms with Crippen LogP contribution in [-0.4, -0.2) is 40.8 Å². The first kappa shape index (κ1) is 18.9. The zero-order chi connectivity index (χ0) is 19.6. The Morgan fingerprint density at radius 3 is 2.57 bits per heavy atom. The molecule has 0 spiro atoms. The molecular weight excluding hydrogens is 376 g/mol. The number of nitrogens with one attached hydrogen (secondary N) is 1. The van der Waals surface area contributed by atoms with Crippen molar-refractivity contribution in [3.63, 3.8) is 0 Å². The molecule has 2 heterocycles. The Hall–Kier alpha value is -2.45. The zero-order valence-electron chi connectivity index (χ0n) is 15.5. The van der Waals surface area contributed by atoms with E-state index in [1.165, 1.54) is 36.0 Å². The maximum absolute atomic E-state index is 12.8. The van der Waals surface area contributed by atoms with Gasteiger partial charge in [-0.15, -0.1) is 5.10 Å². The fourth-order valence-electron chi connectivity index (χ4n) is 3.72. The van der Waals surface area contributed by atoms with E-state index >= 15 is 0 Å². The van der Waals surface area contributed by atoms with Crippen LogP contribution in [-0.2, 0) is 9.84 Å². The van der Waals surface area contributed by atoms with Crippen molar-refractivity contribution in [2.45, 2.75) is 48.0 Å². The first-order valence-electron chi connectivity index (χ1n) is 9.62. The van der Waals surface area contributed by atoms with Gasteiger partial charge in [0.2, 0.25) is 15.8 Å². The van der Waals surface area contributed by atoms with Gasteiger partial charge in [0.1, 0.15) is 0 Å².